The summed E-state index contributed by atoms with van der Waals surface area (Å²) >= 11 is 0. The van der Waals surface area contributed by atoms with Crippen LogP contribution in [-0.2, 0) is 4.79 Å². The molecule has 0 saturated carbocycles. The van der Waals surface area contributed by atoms with Crippen LogP contribution in [0.4, 0.5) is 0 Å². The van der Waals surface area contributed by atoms with Gasteiger partial charge in [-0.3, -0.25) is 4.79 Å². The van der Waals surface area contributed by atoms with Crippen molar-refractivity contribution < 1.29 is 14.7 Å². The summed E-state index contributed by atoms with van der Waals surface area (Å²) < 4.78 is 0. The number of benzene rings is 1. The van der Waals surface area contributed by atoms with Gasteiger partial charge in [0.25, 0.3) is 5.91 Å². The Bertz CT molecular complexity index is 632. The molecule has 1 aromatic carbocycles. The molecule has 0 fully saturated rings. The first-order chi connectivity index (χ1) is 8.98. The van der Waals surface area contributed by atoms with E-state index in [-0.39, 0.29) is 5.91 Å². The Morgan fingerprint density at radius 2 is 2.05 bits per heavy atom. The third kappa shape index (κ3) is 2.31. The summed E-state index contributed by atoms with van der Waals surface area (Å²) in [7, 11) is 0. The molecule has 100 valence electrons. The van der Waals surface area contributed by atoms with Crippen molar-refractivity contribution >= 4 is 22.8 Å². The zero-order valence-electron chi connectivity index (χ0n) is 10.9. The molecule has 0 saturated heterocycles. The highest BCUT2D eigenvalue weighted by Gasteiger charge is 2.33. The van der Waals surface area contributed by atoms with Crippen LogP contribution in [0.2, 0.25) is 0 Å². The molecule has 1 amide bonds. The number of carboxylic acids is 1. The van der Waals surface area contributed by atoms with Crippen LogP contribution in [0, 0.1) is 0 Å². The van der Waals surface area contributed by atoms with E-state index in [0.717, 1.165) is 10.9 Å². The average Bonchev–Trinajstić information content (AvgIpc) is 2.82. The number of para-hydroxylation sites is 1. The number of aromatic nitrogens is 1. The van der Waals surface area contributed by atoms with E-state index in [1.807, 2.05) is 24.3 Å². The van der Waals surface area contributed by atoms with Gasteiger partial charge < -0.3 is 15.4 Å². The summed E-state index contributed by atoms with van der Waals surface area (Å²) in [6.45, 7) is 3.23. The van der Waals surface area contributed by atoms with Gasteiger partial charge in [0, 0.05) is 17.1 Å². The zero-order chi connectivity index (χ0) is 14.0. The van der Waals surface area contributed by atoms with E-state index in [4.69, 9.17) is 5.11 Å². The van der Waals surface area contributed by atoms with Crippen molar-refractivity contribution in [3.8, 4) is 0 Å². The number of H-pyrrole nitrogens is 1. The number of hydrogen-bond acceptors (Lipinski definition) is 2. The van der Waals surface area contributed by atoms with Crippen LogP contribution in [0.15, 0.2) is 30.5 Å². The van der Waals surface area contributed by atoms with Gasteiger partial charge in [0.15, 0.2) is 0 Å². The monoisotopic (exact) mass is 260 g/mol. The molecule has 3 N–H and O–H groups in total. The first-order valence-electron chi connectivity index (χ1n) is 6.10. The van der Waals surface area contributed by atoms with Crippen molar-refractivity contribution in [1.29, 1.82) is 0 Å². The second-order valence-electron chi connectivity index (χ2n) is 4.69. The molecule has 5 heteroatoms. The summed E-state index contributed by atoms with van der Waals surface area (Å²) in [5, 5.41) is 12.5. The van der Waals surface area contributed by atoms with Crippen molar-refractivity contribution in [2.75, 3.05) is 0 Å². The molecule has 1 unspecified atom stereocenters. The Morgan fingerprint density at radius 1 is 1.37 bits per heavy atom. The molecule has 1 heterocycles. The van der Waals surface area contributed by atoms with Crippen molar-refractivity contribution in [2.24, 2.45) is 0 Å². The van der Waals surface area contributed by atoms with Crippen LogP contribution < -0.4 is 5.32 Å². The van der Waals surface area contributed by atoms with Gasteiger partial charge >= 0.3 is 5.97 Å². The van der Waals surface area contributed by atoms with Crippen molar-refractivity contribution in [1.82, 2.24) is 10.3 Å². The van der Waals surface area contributed by atoms with Crippen molar-refractivity contribution in [3.05, 3.63) is 36.0 Å². The quantitative estimate of drug-likeness (QED) is 0.787. The minimum atomic E-state index is -1.25. The highest BCUT2D eigenvalue weighted by atomic mass is 16.4. The predicted molar refractivity (Wildman–Crippen MR) is 72.1 cm³/mol. The molecule has 2 aromatic rings. The second-order valence-corrected chi connectivity index (χ2v) is 4.69. The van der Waals surface area contributed by atoms with Gasteiger partial charge in [-0.25, -0.2) is 4.79 Å². The first kappa shape index (κ1) is 13.1. The van der Waals surface area contributed by atoms with E-state index < -0.39 is 11.5 Å². The minimum absolute atomic E-state index is 0.316. The van der Waals surface area contributed by atoms with Crippen LogP contribution in [0.25, 0.3) is 10.9 Å². The molecule has 0 spiro atoms. The largest absolute Gasteiger partial charge is 0.480 e. The van der Waals surface area contributed by atoms with Crippen molar-refractivity contribution in [3.63, 3.8) is 0 Å². The van der Waals surface area contributed by atoms with Gasteiger partial charge in [0.2, 0.25) is 0 Å². The molecule has 0 aliphatic heterocycles. The maximum absolute atomic E-state index is 12.2. The van der Waals surface area contributed by atoms with Gasteiger partial charge in [-0.15, -0.1) is 0 Å². The Balaban J connectivity index is 2.32. The number of hydrogen-bond donors (Lipinski definition) is 3. The lowest BCUT2D eigenvalue weighted by Crippen LogP contribution is -2.51. The smallest absolute Gasteiger partial charge is 0.329 e. The topological polar surface area (TPSA) is 82.2 Å². The first-order valence-corrected chi connectivity index (χ1v) is 6.10. The summed E-state index contributed by atoms with van der Waals surface area (Å²) in [5.41, 5.74) is 0.0489. The van der Waals surface area contributed by atoms with Gasteiger partial charge in [0.05, 0.1) is 5.56 Å². The standard InChI is InChI=1S/C14H16N2O3/c1-3-14(2,13(18)19)16-12(17)10-8-15-11-7-5-4-6-9(10)11/h4-8,15H,3H2,1-2H3,(H,16,17)(H,18,19). The van der Waals surface area contributed by atoms with Crippen LogP contribution in [-0.4, -0.2) is 27.5 Å². The fraction of sp³-hybridized carbons (Fsp3) is 0.286. The molecule has 1 atom stereocenters. The van der Waals surface area contributed by atoms with Gasteiger partial charge in [-0.1, -0.05) is 25.1 Å². The number of amides is 1. The maximum Gasteiger partial charge on any atom is 0.329 e. The number of carbonyl (C=O) groups is 2. The molecule has 19 heavy (non-hydrogen) atoms. The number of carbonyl (C=O) groups excluding carboxylic acids is 1. The minimum Gasteiger partial charge on any atom is -0.480 e. The van der Waals surface area contributed by atoms with Gasteiger partial charge in [0.1, 0.15) is 5.54 Å². The van der Waals surface area contributed by atoms with Gasteiger partial charge in [-0.05, 0) is 19.4 Å². The maximum atomic E-state index is 12.2. The third-order valence-corrected chi connectivity index (χ3v) is 3.40. The zero-order valence-corrected chi connectivity index (χ0v) is 10.9. The lowest BCUT2D eigenvalue weighted by atomic mass is 9.98. The Kier molecular flexibility index (Phi) is 3.29. The van der Waals surface area contributed by atoms with Crippen LogP contribution >= 0.6 is 0 Å². The summed E-state index contributed by atoms with van der Waals surface area (Å²) in [4.78, 5) is 26.4. The summed E-state index contributed by atoms with van der Waals surface area (Å²) in [6, 6.07) is 7.39. The second kappa shape index (κ2) is 4.76. The molecule has 1 aromatic heterocycles. The van der Waals surface area contributed by atoms with E-state index in [2.05, 4.69) is 10.3 Å². The fourth-order valence-corrected chi connectivity index (χ4v) is 1.87. The summed E-state index contributed by atoms with van der Waals surface area (Å²) in [6.07, 6.45) is 1.91. The third-order valence-electron chi connectivity index (χ3n) is 3.40. The molecule has 0 aliphatic rings. The normalized spacial score (nSPS) is 14.0. The van der Waals surface area contributed by atoms with Crippen LogP contribution in [0.3, 0.4) is 0 Å². The molecular weight excluding hydrogens is 244 g/mol. The lowest BCUT2D eigenvalue weighted by Gasteiger charge is -2.24. The SMILES string of the molecule is CCC(C)(NC(=O)c1c[nH]c2ccccc12)C(=O)O. The number of carboxylic acid groups (broad SMARTS) is 1. The molecule has 2 rings (SSSR count). The predicted octanol–water partition coefficient (Wildman–Crippen LogP) is 2.15. The average molecular weight is 260 g/mol. The number of nitrogens with one attached hydrogen (secondary N) is 2. The summed E-state index contributed by atoms with van der Waals surface area (Å²) in [5.74, 6) is -1.42. The molecule has 0 aliphatic carbocycles. The lowest BCUT2D eigenvalue weighted by molar-refractivity contribution is -0.143. The highest BCUT2D eigenvalue weighted by molar-refractivity contribution is 6.08. The number of aromatic amines is 1. The van der Waals surface area contributed by atoms with Gasteiger partial charge in [-0.2, -0.15) is 0 Å². The molecule has 0 bridgehead atoms. The highest BCUT2D eigenvalue weighted by Crippen LogP contribution is 2.19. The van der Waals surface area contributed by atoms with Crippen molar-refractivity contribution in [2.45, 2.75) is 25.8 Å². The number of fused-ring (bicyclic) bond motifs is 1. The van der Waals surface area contributed by atoms with Crippen LogP contribution in [0.5, 0.6) is 0 Å². The Morgan fingerprint density at radius 3 is 2.68 bits per heavy atom. The number of rotatable bonds is 4. The van der Waals surface area contributed by atoms with E-state index >= 15 is 0 Å². The van der Waals surface area contributed by atoms with E-state index in [1.165, 1.54) is 6.92 Å². The molecule has 5 nitrogen and oxygen atoms in total. The Labute approximate surface area is 110 Å². The van der Waals surface area contributed by atoms with E-state index in [1.54, 1.807) is 13.1 Å². The number of aliphatic carboxylic acids is 1. The fourth-order valence-electron chi connectivity index (χ4n) is 1.87. The van der Waals surface area contributed by atoms with Crippen LogP contribution in [0.1, 0.15) is 30.6 Å². The molecule has 0 radical (unpaired) electrons. The van der Waals surface area contributed by atoms with E-state index in [0.29, 0.717) is 12.0 Å². The Hall–Kier alpha value is -2.30. The molecular formula is C14H16N2O3. The van der Waals surface area contributed by atoms with E-state index in [9.17, 15) is 9.59 Å².